The molecule has 2 rings (SSSR count). The molecule has 0 radical (unpaired) electrons. The largest absolute Gasteiger partial charge is 0.506 e. The number of phenolic OH excluding ortho intramolecular Hbond substituents is 1. The van der Waals surface area contributed by atoms with Gasteiger partial charge in [0.05, 0.1) is 11.1 Å². The Hall–Kier alpha value is -1.62. The fourth-order valence-corrected chi connectivity index (χ4v) is 2.64. The quantitative estimate of drug-likeness (QED) is 0.828. The van der Waals surface area contributed by atoms with Gasteiger partial charge < -0.3 is 20.1 Å². The van der Waals surface area contributed by atoms with E-state index < -0.39 is 5.60 Å². The van der Waals surface area contributed by atoms with Gasteiger partial charge in [0.25, 0.3) is 0 Å². The highest BCUT2D eigenvalue weighted by Crippen LogP contribution is 2.27. The van der Waals surface area contributed by atoms with Crippen LogP contribution in [-0.4, -0.2) is 40.8 Å². The first-order valence-electron chi connectivity index (χ1n) is 7.48. The van der Waals surface area contributed by atoms with Crippen molar-refractivity contribution in [2.24, 2.45) is 0 Å². The standard InChI is InChI=1S/C16H23ClN2O3/c1-16(2,3)22-15(21)19-8-4-5-12(19)10-18-11-6-7-14(20)13(17)9-11/h6-7,9,12,18,20H,4-5,8,10H2,1-3H3. The summed E-state index contributed by atoms with van der Waals surface area (Å²) in [6.07, 6.45) is 1.65. The number of nitrogens with zero attached hydrogens (tertiary/aromatic N) is 1. The van der Waals surface area contributed by atoms with E-state index in [-0.39, 0.29) is 17.9 Å². The summed E-state index contributed by atoms with van der Waals surface area (Å²) in [4.78, 5) is 14.0. The van der Waals surface area contributed by atoms with Crippen molar-refractivity contribution in [2.75, 3.05) is 18.4 Å². The second-order valence-electron chi connectivity index (χ2n) is 6.52. The molecule has 1 saturated heterocycles. The minimum absolute atomic E-state index is 0.0588. The first-order chi connectivity index (χ1) is 10.3. The fourth-order valence-electron chi connectivity index (χ4n) is 2.46. The van der Waals surface area contributed by atoms with E-state index in [2.05, 4.69) is 5.32 Å². The Labute approximate surface area is 136 Å². The Morgan fingerprint density at radius 2 is 2.23 bits per heavy atom. The predicted molar refractivity (Wildman–Crippen MR) is 87.6 cm³/mol. The van der Waals surface area contributed by atoms with E-state index in [4.69, 9.17) is 16.3 Å². The zero-order chi connectivity index (χ0) is 16.3. The third-order valence-electron chi connectivity index (χ3n) is 3.49. The molecule has 2 N–H and O–H groups in total. The number of nitrogens with one attached hydrogen (secondary N) is 1. The molecule has 22 heavy (non-hydrogen) atoms. The first-order valence-corrected chi connectivity index (χ1v) is 7.86. The minimum Gasteiger partial charge on any atom is -0.506 e. The van der Waals surface area contributed by atoms with Crippen LogP contribution < -0.4 is 5.32 Å². The van der Waals surface area contributed by atoms with Gasteiger partial charge in [-0.1, -0.05) is 11.6 Å². The first kappa shape index (κ1) is 16.7. The third-order valence-corrected chi connectivity index (χ3v) is 3.80. The summed E-state index contributed by atoms with van der Waals surface area (Å²) in [7, 11) is 0. The average Bonchev–Trinajstić information content (AvgIpc) is 2.87. The van der Waals surface area contributed by atoms with Crippen molar-refractivity contribution in [1.82, 2.24) is 4.90 Å². The molecule has 0 aliphatic carbocycles. The number of anilines is 1. The zero-order valence-corrected chi connectivity index (χ0v) is 14.0. The molecular formula is C16H23ClN2O3. The third kappa shape index (κ3) is 4.44. The average molecular weight is 327 g/mol. The molecule has 0 saturated carbocycles. The summed E-state index contributed by atoms with van der Waals surface area (Å²) >= 11 is 5.89. The maximum atomic E-state index is 12.2. The molecule has 5 nitrogen and oxygen atoms in total. The maximum Gasteiger partial charge on any atom is 0.410 e. The Bertz CT molecular complexity index is 543. The lowest BCUT2D eigenvalue weighted by Gasteiger charge is -2.29. The van der Waals surface area contributed by atoms with Crippen molar-refractivity contribution >= 4 is 23.4 Å². The van der Waals surface area contributed by atoms with Gasteiger partial charge in [0, 0.05) is 18.8 Å². The van der Waals surface area contributed by atoms with Gasteiger partial charge in [-0.05, 0) is 51.8 Å². The van der Waals surface area contributed by atoms with Gasteiger partial charge in [0.1, 0.15) is 11.4 Å². The summed E-state index contributed by atoms with van der Waals surface area (Å²) in [5.74, 6) is 0.0588. The highest BCUT2D eigenvalue weighted by molar-refractivity contribution is 6.32. The van der Waals surface area contributed by atoms with E-state index in [1.807, 2.05) is 20.8 Å². The van der Waals surface area contributed by atoms with Gasteiger partial charge in [-0.2, -0.15) is 0 Å². The number of hydrogen-bond donors (Lipinski definition) is 2. The Balaban J connectivity index is 1.93. The highest BCUT2D eigenvalue weighted by Gasteiger charge is 2.31. The molecule has 1 aliphatic rings. The van der Waals surface area contributed by atoms with E-state index in [0.29, 0.717) is 11.6 Å². The Morgan fingerprint density at radius 1 is 1.50 bits per heavy atom. The lowest BCUT2D eigenvalue weighted by atomic mass is 10.2. The van der Waals surface area contributed by atoms with Crippen molar-refractivity contribution < 1.29 is 14.6 Å². The van der Waals surface area contributed by atoms with E-state index in [0.717, 1.165) is 25.1 Å². The van der Waals surface area contributed by atoms with E-state index in [9.17, 15) is 9.90 Å². The van der Waals surface area contributed by atoms with Gasteiger partial charge >= 0.3 is 6.09 Å². The monoisotopic (exact) mass is 326 g/mol. The normalized spacial score (nSPS) is 18.4. The van der Waals surface area contributed by atoms with Gasteiger partial charge in [-0.25, -0.2) is 4.79 Å². The number of benzene rings is 1. The van der Waals surface area contributed by atoms with Crippen LogP contribution in [0.25, 0.3) is 0 Å². The van der Waals surface area contributed by atoms with Gasteiger partial charge in [0.2, 0.25) is 0 Å². The van der Waals surface area contributed by atoms with Crippen LogP contribution in [0.5, 0.6) is 5.75 Å². The number of halogens is 1. The maximum absolute atomic E-state index is 12.2. The highest BCUT2D eigenvalue weighted by atomic mass is 35.5. The Kier molecular flexibility index (Phi) is 5.06. The van der Waals surface area contributed by atoms with Crippen LogP contribution in [0.4, 0.5) is 10.5 Å². The van der Waals surface area contributed by atoms with Crippen LogP contribution in [0.1, 0.15) is 33.6 Å². The van der Waals surface area contributed by atoms with E-state index in [1.54, 1.807) is 23.1 Å². The predicted octanol–water partition coefficient (Wildman–Crippen LogP) is 3.86. The summed E-state index contributed by atoms with van der Waals surface area (Å²) < 4.78 is 5.44. The number of phenols is 1. The summed E-state index contributed by atoms with van der Waals surface area (Å²) in [6, 6.07) is 5.07. The fraction of sp³-hybridized carbons (Fsp3) is 0.562. The summed E-state index contributed by atoms with van der Waals surface area (Å²) in [5, 5.41) is 13.0. The molecule has 1 atom stereocenters. The van der Waals surface area contributed by atoms with Gasteiger partial charge in [-0.3, -0.25) is 0 Å². The molecular weight excluding hydrogens is 304 g/mol. The number of carbonyl (C=O) groups excluding carboxylic acids is 1. The van der Waals surface area contributed by atoms with Crippen LogP contribution in [0, 0.1) is 0 Å². The van der Waals surface area contributed by atoms with Crippen LogP contribution >= 0.6 is 11.6 Å². The topological polar surface area (TPSA) is 61.8 Å². The number of hydrogen-bond acceptors (Lipinski definition) is 4. The molecule has 1 heterocycles. The van der Waals surface area contributed by atoms with Crippen molar-refractivity contribution in [1.29, 1.82) is 0 Å². The Morgan fingerprint density at radius 3 is 2.86 bits per heavy atom. The number of aromatic hydroxyl groups is 1. The van der Waals surface area contributed by atoms with Crippen LogP contribution in [0.2, 0.25) is 5.02 Å². The second kappa shape index (κ2) is 6.65. The minimum atomic E-state index is -0.484. The molecule has 1 fully saturated rings. The lowest BCUT2D eigenvalue weighted by Crippen LogP contribution is -2.42. The number of carbonyl (C=O) groups is 1. The molecule has 6 heteroatoms. The molecule has 0 aromatic heterocycles. The van der Waals surface area contributed by atoms with E-state index in [1.165, 1.54) is 0 Å². The van der Waals surface area contributed by atoms with Crippen LogP contribution in [0.3, 0.4) is 0 Å². The number of ether oxygens (including phenoxy) is 1. The number of likely N-dealkylation sites (tertiary alicyclic amines) is 1. The second-order valence-corrected chi connectivity index (χ2v) is 6.92. The molecule has 0 bridgehead atoms. The van der Waals surface area contributed by atoms with Crippen molar-refractivity contribution in [2.45, 2.75) is 45.3 Å². The molecule has 0 spiro atoms. The molecule has 122 valence electrons. The molecule has 1 aromatic carbocycles. The van der Waals surface area contributed by atoms with Gasteiger partial charge in [0.15, 0.2) is 0 Å². The molecule has 1 aromatic rings. The number of amides is 1. The molecule has 1 amide bonds. The smallest absolute Gasteiger partial charge is 0.410 e. The lowest BCUT2D eigenvalue weighted by molar-refractivity contribution is 0.0235. The van der Waals surface area contributed by atoms with Crippen LogP contribution in [-0.2, 0) is 4.74 Å². The summed E-state index contributed by atoms with van der Waals surface area (Å²) in [5.41, 5.74) is 0.334. The van der Waals surface area contributed by atoms with Crippen molar-refractivity contribution in [3.63, 3.8) is 0 Å². The molecule has 1 aliphatic heterocycles. The van der Waals surface area contributed by atoms with Crippen molar-refractivity contribution in [3.8, 4) is 5.75 Å². The van der Waals surface area contributed by atoms with Crippen LogP contribution in [0.15, 0.2) is 18.2 Å². The SMILES string of the molecule is CC(C)(C)OC(=O)N1CCCC1CNc1ccc(O)c(Cl)c1. The number of rotatable bonds is 3. The zero-order valence-electron chi connectivity index (χ0n) is 13.2. The van der Waals surface area contributed by atoms with Crippen molar-refractivity contribution in [3.05, 3.63) is 23.2 Å². The summed E-state index contributed by atoms with van der Waals surface area (Å²) in [6.45, 7) is 6.95. The van der Waals surface area contributed by atoms with E-state index >= 15 is 0 Å². The van der Waals surface area contributed by atoms with Gasteiger partial charge in [-0.15, -0.1) is 0 Å². The molecule has 1 unspecified atom stereocenters.